The average molecular weight is 210 g/mol. The van der Waals surface area contributed by atoms with Gasteiger partial charge in [0.25, 0.3) is 0 Å². The third kappa shape index (κ3) is 3.69. The maximum absolute atomic E-state index is 10.9. The van der Waals surface area contributed by atoms with Gasteiger partial charge in [-0.3, -0.25) is 0 Å². The zero-order valence-electron chi connectivity index (χ0n) is 8.55. The van der Waals surface area contributed by atoms with Crippen LogP contribution in [0.15, 0.2) is 30.3 Å². The van der Waals surface area contributed by atoms with E-state index in [0.29, 0.717) is 12.2 Å². The van der Waals surface area contributed by atoms with Crippen molar-refractivity contribution in [2.75, 3.05) is 6.61 Å². The second-order valence-electron chi connectivity index (χ2n) is 3.05. The Kier molecular flexibility index (Phi) is 4.80. The number of rotatable bonds is 6. The summed E-state index contributed by atoms with van der Waals surface area (Å²) in [6, 6.07) is 8.71. The van der Waals surface area contributed by atoms with Crippen molar-refractivity contribution in [1.29, 1.82) is 0 Å². The maximum Gasteiger partial charge on any atom is 0.340 e. The summed E-state index contributed by atoms with van der Waals surface area (Å²) in [4.78, 5) is 20.5. The molecule has 82 valence electrons. The second kappa shape index (κ2) is 6.16. The van der Waals surface area contributed by atoms with Crippen molar-refractivity contribution < 1.29 is 19.7 Å². The summed E-state index contributed by atoms with van der Waals surface area (Å²) in [6.45, 7) is 2.30. The molecule has 0 fully saturated rings. The van der Waals surface area contributed by atoms with Crippen molar-refractivity contribution in [1.82, 2.24) is 0 Å². The zero-order valence-corrected chi connectivity index (χ0v) is 8.55. The third-order valence-electron chi connectivity index (χ3n) is 1.78. The van der Waals surface area contributed by atoms with Crippen molar-refractivity contribution in [3.05, 3.63) is 35.9 Å². The number of carboxylic acid groups (broad SMARTS) is 1. The molecule has 0 aliphatic carbocycles. The Bertz CT molecular complexity index is 297. The van der Waals surface area contributed by atoms with Crippen LogP contribution in [-0.2, 0) is 14.6 Å². The molecule has 0 saturated heterocycles. The van der Waals surface area contributed by atoms with Gasteiger partial charge in [-0.05, 0) is 12.0 Å². The molecule has 1 aromatic rings. The van der Waals surface area contributed by atoms with Gasteiger partial charge in [-0.15, -0.1) is 0 Å². The minimum absolute atomic E-state index is 0.386. The molecule has 0 amide bonds. The van der Waals surface area contributed by atoms with Crippen LogP contribution >= 0.6 is 0 Å². The minimum Gasteiger partial charge on any atom is -0.479 e. The predicted octanol–water partition coefficient (Wildman–Crippen LogP) is 2.17. The molecule has 1 unspecified atom stereocenters. The van der Waals surface area contributed by atoms with E-state index in [4.69, 9.17) is 14.9 Å². The summed E-state index contributed by atoms with van der Waals surface area (Å²) in [5.41, 5.74) is 0.570. The van der Waals surface area contributed by atoms with Gasteiger partial charge in [-0.1, -0.05) is 37.3 Å². The summed E-state index contributed by atoms with van der Waals surface area (Å²) >= 11 is 0. The second-order valence-corrected chi connectivity index (χ2v) is 3.05. The van der Waals surface area contributed by atoms with E-state index in [0.717, 1.165) is 6.42 Å². The van der Waals surface area contributed by atoms with E-state index in [2.05, 4.69) is 0 Å². The lowest BCUT2D eigenvalue weighted by Gasteiger charge is -2.12. The first-order valence-electron chi connectivity index (χ1n) is 4.81. The van der Waals surface area contributed by atoms with Gasteiger partial charge in [0, 0.05) is 0 Å². The van der Waals surface area contributed by atoms with E-state index in [9.17, 15) is 4.79 Å². The van der Waals surface area contributed by atoms with Crippen LogP contribution in [0.3, 0.4) is 0 Å². The van der Waals surface area contributed by atoms with Gasteiger partial charge in [0.1, 0.15) is 0 Å². The largest absolute Gasteiger partial charge is 0.479 e. The summed E-state index contributed by atoms with van der Waals surface area (Å²) in [5.74, 6) is -1.06. The molecule has 1 rings (SSSR count). The van der Waals surface area contributed by atoms with Gasteiger partial charge in [-0.2, -0.15) is 0 Å². The van der Waals surface area contributed by atoms with Crippen molar-refractivity contribution >= 4 is 5.97 Å². The van der Waals surface area contributed by atoms with Crippen LogP contribution in [0.5, 0.6) is 0 Å². The first kappa shape index (κ1) is 11.7. The van der Waals surface area contributed by atoms with Crippen molar-refractivity contribution in [3.63, 3.8) is 0 Å². The molecule has 0 aliphatic heterocycles. The highest BCUT2D eigenvalue weighted by Gasteiger charge is 2.21. The Hall–Kier alpha value is -1.39. The number of hydrogen-bond donors (Lipinski definition) is 1. The van der Waals surface area contributed by atoms with E-state index in [1.807, 2.05) is 13.0 Å². The van der Waals surface area contributed by atoms with Crippen LogP contribution in [0, 0.1) is 0 Å². The summed E-state index contributed by atoms with van der Waals surface area (Å²) in [5, 5.41) is 8.92. The van der Waals surface area contributed by atoms with Crippen molar-refractivity contribution in [2.24, 2.45) is 0 Å². The Labute approximate surface area is 88.4 Å². The lowest BCUT2D eigenvalue weighted by Crippen LogP contribution is -2.15. The van der Waals surface area contributed by atoms with Gasteiger partial charge in [0.05, 0.1) is 6.61 Å². The number of hydrogen-bond acceptors (Lipinski definition) is 3. The van der Waals surface area contributed by atoms with Gasteiger partial charge in [0.15, 0.2) is 0 Å². The van der Waals surface area contributed by atoms with E-state index in [1.54, 1.807) is 24.3 Å². The molecule has 1 atom stereocenters. The number of aliphatic carboxylic acids is 1. The van der Waals surface area contributed by atoms with Crippen LogP contribution in [0.25, 0.3) is 0 Å². The maximum atomic E-state index is 10.9. The molecule has 1 N–H and O–H groups in total. The van der Waals surface area contributed by atoms with Gasteiger partial charge >= 0.3 is 5.97 Å². The number of benzene rings is 1. The SMILES string of the molecule is CCCOOC(C(=O)O)c1ccccc1. The van der Waals surface area contributed by atoms with Crippen LogP contribution in [0.1, 0.15) is 25.0 Å². The highest BCUT2D eigenvalue weighted by Crippen LogP contribution is 2.17. The monoisotopic (exact) mass is 210 g/mol. The Morgan fingerprint density at radius 2 is 2.07 bits per heavy atom. The van der Waals surface area contributed by atoms with Crippen molar-refractivity contribution in [2.45, 2.75) is 19.4 Å². The van der Waals surface area contributed by atoms with Crippen molar-refractivity contribution in [3.8, 4) is 0 Å². The molecule has 4 heteroatoms. The molecule has 4 nitrogen and oxygen atoms in total. The van der Waals surface area contributed by atoms with Crippen LogP contribution in [0.4, 0.5) is 0 Å². The summed E-state index contributed by atoms with van der Waals surface area (Å²) in [6.07, 6.45) is -0.279. The number of carbonyl (C=O) groups is 1. The molecule has 1 aromatic carbocycles. The topological polar surface area (TPSA) is 55.8 Å². The Morgan fingerprint density at radius 3 is 2.60 bits per heavy atom. The van der Waals surface area contributed by atoms with Crippen LogP contribution < -0.4 is 0 Å². The van der Waals surface area contributed by atoms with Gasteiger partial charge < -0.3 is 5.11 Å². The Balaban J connectivity index is 2.62. The zero-order chi connectivity index (χ0) is 11.1. The average Bonchev–Trinajstić information content (AvgIpc) is 2.25. The van der Waals surface area contributed by atoms with Gasteiger partial charge in [0.2, 0.25) is 6.10 Å². The number of carboxylic acids is 1. The molecule has 0 saturated carbocycles. The fraction of sp³-hybridized carbons (Fsp3) is 0.364. The summed E-state index contributed by atoms with van der Waals surface area (Å²) in [7, 11) is 0. The fourth-order valence-corrected chi connectivity index (χ4v) is 1.07. The lowest BCUT2D eigenvalue weighted by atomic mass is 10.1. The molecular formula is C11H14O4. The molecular weight excluding hydrogens is 196 g/mol. The standard InChI is InChI=1S/C11H14O4/c1-2-8-14-15-10(11(12)13)9-6-4-3-5-7-9/h3-7,10H,2,8H2,1H3,(H,12,13). The Morgan fingerprint density at radius 1 is 1.40 bits per heavy atom. The quantitative estimate of drug-likeness (QED) is 0.444. The van der Waals surface area contributed by atoms with Gasteiger partial charge in [-0.25, -0.2) is 14.6 Å². The van der Waals surface area contributed by atoms with E-state index < -0.39 is 12.1 Å². The molecule has 0 aromatic heterocycles. The lowest BCUT2D eigenvalue weighted by molar-refractivity contribution is -0.322. The van der Waals surface area contributed by atoms with Crippen LogP contribution in [0.2, 0.25) is 0 Å². The van der Waals surface area contributed by atoms with Crippen LogP contribution in [-0.4, -0.2) is 17.7 Å². The highest BCUT2D eigenvalue weighted by atomic mass is 17.2. The third-order valence-corrected chi connectivity index (χ3v) is 1.78. The molecule has 0 bridgehead atoms. The summed E-state index contributed by atoms with van der Waals surface area (Å²) < 4.78 is 0. The molecule has 0 radical (unpaired) electrons. The smallest absolute Gasteiger partial charge is 0.340 e. The predicted molar refractivity (Wildman–Crippen MR) is 54.1 cm³/mol. The van der Waals surface area contributed by atoms with E-state index in [1.165, 1.54) is 0 Å². The van der Waals surface area contributed by atoms with E-state index >= 15 is 0 Å². The highest BCUT2D eigenvalue weighted by molar-refractivity contribution is 5.74. The molecule has 0 aliphatic rings. The molecule has 15 heavy (non-hydrogen) atoms. The minimum atomic E-state index is -1.06. The fourth-order valence-electron chi connectivity index (χ4n) is 1.07. The first-order valence-corrected chi connectivity index (χ1v) is 4.81. The van der Waals surface area contributed by atoms with E-state index in [-0.39, 0.29) is 0 Å². The first-order chi connectivity index (χ1) is 7.25. The molecule has 0 spiro atoms. The molecule has 0 heterocycles. The normalized spacial score (nSPS) is 12.3.